The van der Waals surface area contributed by atoms with Crippen molar-refractivity contribution >= 4 is 44.1 Å². The molecule has 0 aliphatic carbocycles. The molecule has 1 N–H and O–H groups in total. The predicted octanol–water partition coefficient (Wildman–Crippen LogP) is 7.50. The summed E-state index contributed by atoms with van der Waals surface area (Å²) >= 11 is 1.34. The van der Waals surface area contributed by atoms with Crippen LogP contribution in [0, 0.1) is 6.92 Å². The summed E-state index contributed by atoms with van der Waals surface area (Å²) in [7, 11) is 0. The van der Waals surface area contributed by atoms with E-state index in [1.165, 1.54) is 16.2 Å². The second-order valence-corrected chi connectivity index (χ2v) is 12.6. The van der Waals surface area contributed by atoms with E-state index in [0.717, 1.165) is 26.9 Å². The van der Waals surface area contributed by atoms with Crippen molar-refractivity contribution in [3.8, 4) is 5.75 Å². The molecule has 3 aromatic carbocycles. The summed E-state index contributed by atoms with van der Waals surface area (Å²) in [5, 5.41) is 12.0. The van der Waals surface area contributed by atoms with Crippen molar-refractivity contribution in [3.63, 3.8) is 0 Å². The van der Waals surface area contributed by atoms with Gasteiger partial charge in [-0.05, 0) is 71.5 Å². The van der Waals surface area contributed by atoms with E-state index >= 15 is 0 Å². The number of amides is 1. The van der Waals surface area contributed by atoms with Crippen molar-refractivity contribution < 1.29 is 19.4 Å². The summed E-state index contributed by atoms with van der Waals surface area (Å²) < 4.78 is 6.91. The Labute approximate surface area is 254 Å². The highest BCUT2D eigenvalue weighted by Crippen LogP contribution is 2.44. The first-order valence-corrected chi connectivity index (χ1v) is 14.8. The Balaban J connectivity index is 1.41. The number of pyridine rings is 1. The second kappa shape index (κ2) is 11.1. The molecule has 5 aromatic rings. The number of Topliss-reactive ketones (excluding diaryl/α,β-unsaturated/α-hetero) is 1. The van der Waals surface area contributed by atoms with Gasteiger partial charge in [0.15, 0.2) is 5.13 Å². The maximum Gasteiger partial charge on any atom is 0.301 e. The van der Waals surface area contributed by atoms with Gasteiger partial charge in [0.05, 0.1) is 21.5 Å². The molecule has 1 unspecified atom stereocenters. The summed E-state index contributed by atoms with van der Waals surface area (Å²) in [6.45, 7) is 8.69. The number of ketones is 1. The number of anilines is 1. The Hall–Kier alpha value is -4.82. The molecule has 1 saturated heterocycles. The third-order valence-electron chi connectivity index (χ3n) is 7.55. The lowest BCUT2D eigenvalue weighted by Gasteiger charge is -2.22. The van der Waals surface area contributed by atoms with Crippen molar-refractivity contribution in [2.45, 2.75) is 45.8 Å². The van der Waals surface area contributed by atoms with Crippen molar-refractivity contribution in [2.24, 2.45) is 0 Å². The topological polar surface area (TPSA) is 92.6 Å². The number of hydrogen-bond acceptors (Lipinski definition) is 7. The number of aliphatic hydroxyl groups is 1. The lowest BCUT2D eigenvalue weighted by molar-refractivity contribution is -0.132. The van der Waals surface area contributed by atoms with E-state index in [0.29, 0.717) is 28.7 Å². The molecule has 7 nitrogen and oxygen atoms in total. The minimum atomic E-state index is -0.946. The van der Waals surface area contributed by atoms with Crippen molar-refractivity contribution in [1.82, 2.24) is 9.97 Å². The number of carbonyl (C=O) groups is 2. The third kappa shape index (κ3) is 5.42. The molecule has 43 heavy (non-hydrogen) atoms. The smallest absolute Gasteiger partial charge is 0.301 e. The number of thiazole rings is 1. The van der Waals surface area contributed by atoms with Crippen molar-refractivity contribution in [3.05, 3.63) is 125 Å². The third-order valence-corrected chi connectivity index (χ3v) is 8.56. The van der Waals surface area contributed by atoms with Crippen LogP contribution >= 0.6 is 11.3 Å². The monoisotopic (exact) mass is 589 g/mol. The summed E-state index contributed by atoms with van der Waals surface area (Å²) in [4.78, 5) is 37.8. The number of rotatable bonds is 6. The highest BCUT2D eigenvalue weighted by atomic mass is 32.1. The van der Waals surface area contributed by atoms with Gasteiger partial charge in [-0.1, -0.05) is 74.6 Å². The number of aryl methyl sites for hydroxylation is 1. The maximum atomic E-state index is 13.6. The van der Waals surface area contributed by atoms with Crippen LogP contribution in [0.3, 0.4) is 0 Å². The quantitative estimate of drug-likeness (QED) is 0.125. The molecule has 1 atom stereocenters. The van der Waals surface area contributed by atoms with E-state index < -0.39 is 17.7 Å². The average molecular weight is 590 g/mol. The van der Waals surface area contributed by atoms with Crippen LogP contribution in [0.4, 0.5) is 5.13 Å². The van der Waals surface area contributed by atoms with Crippen molar-refractivity contribution in [2.75, 3.05) is 4.90 Å². The molecule has 1 aliphatic heterocycles. The Morgan fingerprint density at radius 3 is 2.44 bits per heavy atom. The fraction of sp³-hybridized carbons (Fsp3) is 0.200. The van der Waals surface area contributed by atoms with Crippen LogP contribution in [0.25, 0.3) is 16.0 Å². The first-order valence-electron chi connectivity index (χ1n) is 14.0. The molecule has 1 amide bonds. The lowest BCUT2D eigenvalue weighted by Crippen LogP contribution is -2.29. The number of fused-ring (bicyclic) bond motifs is 1. The minimum Gasteiger partial charge on any atom is -0.507 e. The highest BCUT2D eigenvalue weighted by Gasteiger charge is 2.49. The average Bonchev–Trinajstić information content (AvgIpc) is 3.54. The van der Waals surface area contributed by atoms with E-state index in [2.05, 4.69) is 31.8 Å². The van der Waals surface area contributed by atoms with Gasteiger partial charge in [0.2, 0.25) is 0 Å². The number of aliphatic hydroxyl groups excluding tert-OH is 1. The number of aromatic nitrogens is 2. The minimum absolute atomic E-state index is 0.0318. The first-order chi connectivity index (χ1) is 20.6. The Bertz CT molecular complexity index is 1870. The number of hydrogen-bond donors (Lipinski definition) is 1. The van der Waals surface area contributed by atoms with Crippen LogP contribution in [0.15, 0.2) is 96.7 Å². The molecule has 0 radical (unpaired) electrons. The van der Waals surface area contributed by atoms with Crippen LogP contribution < -0.4 is 9.64 Å². The summed E-state index contributed by atoms with van der Waals surface area (Å²) in [6, 6.07) is 25.4. The van der Waals surface area contributed by atoms with Crippen LogP contribution in [-0.2, 0) is 21.6 Å². The van der Waals surface area contributed by atoms with Gasteiger partial charge in [-0.15, -0.1) is 0 Å². The Kier molecular flexibility index (Phi) is 7.31. The molecule has 8 heteroatoms. The molecule has 1 fully saturated rings. The van der Waals surface area contributed by atoms with Gasteiger partial charge in [-0.3, -0.25) is 19.5 Å². The molecule has 1 aliphatic rings. The van der Waals surface area contributed by atoms with Gasteiger partial charge in [-0.25, -0.2) is 4.98 Å². The summed E-state index contributed by atoms with van der Waals surface area (Å²) in [5.41, 5.74) is 4.46. The normalized spacial score (nSPS) is 16.7. The van der Waals surface area contributed by atoms with Crippen molar-refractivity contribution in [1.29, 1.82) is 0 Å². The zero-order valence-electron chi connectivity index (χ0n) is 24.4. The zero-order valence-corrected chi connectivity index (χ0v) is 25.2. The molecule has 6 rings (SSSR count). The van der Waals surface area contributed by atoms with Gasteiger partial charge >= 0.3 is 5.91 Å². The van der Waals surface area contributed by atoms with Gasteiger partial charge in [0, 0.05) is 11.8 Å². The van der Waals surface area contributed by atoms with E-state index in [1.54, 1.807) is 42.6 Å². The number of ether oxygens (including phenoxy) is 1. The molecular formula is C35H31N3O4S. The van der Waals surface area contributed by atoms with E-state index in [-0.39, 0.29) is 16.7 Å². The predicted molar refractivity (Wildman–Crippen MR) is 169 cm³/mol. The van der Waals surface area contributed by atoms with Crippen LogP contribution in [0.1, 0.15) is 54.8 Å². The fourth-order valence-corrected chi connectivity index (χ4v) is 6.21. The second-order valence-electron chi connectivity index (χ2n) is 11.6. The Morgan fingerprint density at radius 2 is 1.74 bits per heavy atom. The van der Waals surface area contributed by atoms with Gasteiger partial charge < -0.3 is 9.84 Å². The fourth-order valence-electron chi connectivity index (χ4n) is 5.18. The molecule has 0 saturated carbocycles. The van der Waals surface area contributed by atoms with Crippen LogP contribution in [0.5, 0.6) is 5.75 Å². The Morgan fingerprint density at radius 1 is 0.977 bits per heavy atom. The first kappa shape index (κ1) is 28.3. The van der Waals surface area contributed by atoms with Crippen LogP contribution in [0.2, 0.25) is 0 Å². The van der Waals surface area contributed by atoms with Gasteiger partial charge in [0.25, 0.3) is 5.78 Å². The highest BCUT2D eigenvalue weighted by molar-refractivity contribution is 7.22. The standard InChI is InChI=1S/C35H31N3O4S/c1-21-18-23(13-16-27(21)42-20-22-10-6-5-7-11-22)31(39)29-30(26-12-8-9-17-36-26)38(33(41)32(29)40)34-37-25-15-14-24(35(2,3)4)19-28(25)43-34/h5-19,30,39H,20H2,1-4H3/b31-29+. The number of carbonyl (C=O) groups excluding carboxylic acids is 2. The van der Waals surface area contributed by atoms with E-state index in [1.807, 2.05) is 49.4 Å². The zero-order chi connectivity index (χ0) is 30.3. The molecular weight excluding hydrogens is 558 g/mol. The molecule has 0 spiro atoms. The van der Waals surface area contributed by atoms with Gasteiger partial charge in [-0.2, -0.15) is 0 Å². The summed E-state index contributed by atoms with van der Waals surface area (Å²) in [5.74, 6) is -1.16. The number of benzene rings is 3. The molecule has 2 aromatic heterocycles. The SMILES string of the molecule is Cc1cc(/C(O)=C2\C(=O)C(=O)N(c3nc4ccc(C(C)(C)C)cc4s3)C2c2ccccn2)ccc1OCc1ccccc1. The summed E-state index contributed by atoms with van der Waals surface area (Å²) in [6.07, 6.45) is 1.60. The molecule has 3 heterocycles. The largest absolute Gasteiger partial charge is 0.507 e. The molecule has 216 valence electrons. The molecule has 0 bridgehead atoms. The van der Waals surface area contributed by atoms with Gasteiger partial charge in [0.1, 0.15) is 24.2 Å². The van der Waals surface area contributed by atoms with E-state index in [4.69, 9.17) is 9.72 Å². The van der Waals surface area contributed by atoms with Crippen LogP contribution in [-0.4, -0.2) is 26.8 Å². The van der Waals surface area contributed by atoms with E-state index in [9.17, 15) is 14.7 Å². The number of nitrogens with zero attached hydrogens (tertiary/aromatic N) is 3. The lowest BCUT2D eigenvalue weighted by atomic mass is 9.87. The maximum absolute atomic E-state index is 13.6.